The van der Waals surface area contributed by atoms with Crippen molar-refractivity contribution in [2.24, 2.45) is 0 Å². The van der Waals surface area contributed by atoms with Gasteiger partial charge >= 0.3 is 17.9 Å². The molecule has 0 unspecified atom stereocenters. The van der Waals surface area contributed by atoms with E-state index >= 15 is 0 Å². The summed E-state index contributed by atoms with van der Waals surface area (Å²) in [7, 11) is 0. The van der Waals surface area contributed by atoms with Crippen LogP contribution in [0, 0.1) is 6.92 Å². The third-order valence-corrected chi connectivity index (χ3v) is 3.48. The maximum absolute atomic E-state index is 12.5. The molecule has 0 aliphatic heterocycles. The van der Waals surface area contributed by atoms with Crippen LogP contribution in [0.5, 0.6) is 0 Å². The summed E-state index contributed by atoms with van der Waals surface area (Å²) >= 11 is 0. The Kier molecular flexibility index (Phi) is 7.08. The Hall–Kier alpha value is -3.43. The van der Waals surface area contributed by atoms with E-state index < -0.39 is 17.9 Å². The van der Waals surface area contributed by atoms with Crippen molar-refractivity contribution >= 4 is 29.6 Å². The molecule has 10 nitrogen and oxygen atoms in total. The molecule has 0 aliphatic rings. The Morgan fingerprint density at radius 2 is 1.54 bits per heavy atom. The average Bonchev–Trinajstić information content (AvgIpc) is 2.98. The van der Waals surface area contributed by atoms with Gasteiger partial charge in [-0.15, -0.1) is 0 Å². The molecule has 2 aromatic rings. The Bertz CT molecular complexity index is 876. The van der Waals surface area contributed by atoms with Crippen molar-refractivity contribution in [1.29, 1.82) is 0 Å². The van der Waals surface area contributed by atoms with Gasteiger partial charge in [0, 0.05) is 6.20 Å². The van der Waals surface area contributed by atoms with E-state index in [1.807, 2.05) is 0 Å². The normalized spacial score (nSPS) is 10.3. The minimum absolute atomic E-state index is 0.0332. The van der Waals surface area contributed by atoms with Gasteiger partial charge in [0.25, 0.3) is 0 Å². The first kappa shape index (κ1) is 20.9. The van der Waals surface area contributed by atoms with Crippen LogP contribution >= 0.6 is 0 Å². The second-order valence-corrected chi connectivity index (χ2v) is 5.31. The number of hydrogen-bond acceptors (Lipinski definition) is 10. The lowest BCUT2D eigenvalue weighted by Gasteiger charge is -2.09. The summed E-state index contributed by atoms with van der Waals surface area (Å²) in [6.07, 6.45) is 2.47. The number of carbonyl (C=O) groups is 3. The quantitative estimate of drug-likeness (QED) is 0.529. The number of hydrogen-bond donors (Lipinski definition) is 1. The molecule has 150 valence electrons. The number of esters is 3. The third kappa shape index (κ3) is 4.45. The van der Waals surface area contributed by atoms with Gasteiger partial charge in [-0.25, -0.2) is 24.4 Å². The number of nitrogens with one attached hydrogen (secondary N) is 1. The molecule has 0 amide bonds. The molecule has 0 spiro atoms. The zero-order chi connectivity index (χ0) is 20.7. The molecular formula is C18H21N3O7. The smallest absolute Gasteiger partial charge is 0.344 e. The number of anilines is 2. The fourth-order valence-electron chi connectivity index (χ4n) is 2.37. The van der Waals surface area contributed by atoms with Gasteiger partial charge in [-0.3, -0.25) is 0 Å². The minimum Gasteiger partial charge on any atom is -0.462 e. The SMILES string of the molecule is CCOC(=O)c1cncnc1Nc1oc(C)c(C(=O)OCC)c1C(=O)OCC. The predicted molar refractivity (Wildman–Crippen MR) is 96.6 cm³/mol. The van der Waals surface area contributed by atoms with Gasteiger partial charge < -0.3 is 23.9 Å². The van der Waals surface area contributed by atoms with Crippen LogP contribution in [0.1, 0.15) is 57.6 Å². The first-order valence-electron chi connectivity index (χ1n) is 8.66. The van der Waals surface area contributed by atoms with Gasteiger partial charge in [-0.05, 0) is 27.7 Å². The van der Waals surface area contributed by atoms with Crippen LogP contribution in [0.25, 0.3) is 0 Å². The van der Waals surface area contributed by atoms with E-state index in [0.29, 0.717) is 0 Å². The highest BCUT2D eigenvalue weighted by atomic mass is 16.5. The van der Waals surface area contributed by atoms with Gasteiger partial charge in [-0.1, -0.05) is 0 Å². The molecule has 0 saturated carbocycles. The van der Waals surface area contributed by atoms with Crippen molar-refractivity contribution < 1.29 is 33.0 Å². The van der Waals surface area contributed by atoms with Crippen LogP contribution in [0.2, 0.25) is 0 Å². The summed E-state index contributed by atoms with van der Waals surface area (Å²) in [4.78, 5) is 44.7. The molecule has 28 heavy (non-hydrogen) atoms. The van der Waals surface area contributed by atoms with Gasteiger partial charge in [0.05, 0.1) is 19.8 Å². The van der Waals surface area contributed by atoms with Crippen molar-refractivity contribution in [1.82, 2.24) is 9.97 Å². The number of aromatic nitrogens is 2. The molecule has 0 aromatic carbocycles. The van der Waals surface area contributed by atoms with Crippen molar-refractivity contribution in [2.45, 2.75) is 27.7 Å². The Balaban J connectivity index is 2.52. The highest BCUT2D eigenvalue weighted by molar-refractivity contribution is 6.08. The van der Waals surface area contributed by atoms with E-state index in [1.165, 1.54) is 19.4 Å². The van der Waals surface area contributed by atoms with E-state index in [1.54, 1.807) is 20.8 Å². The molecule has 2 heterocycles. The minimum atomic E-state index is -0.781. The van der Waals surface area contributed by atoms with E-state index in [0.717, 1.165) is 0 Å². The first-order valence-corrected chi connectivity index (χ1v) is 8.66. The van der Waals surface area contributed by atoms with Crippen LogP contribution in [0.3, 0.4) is 0 Å². The fourth-order valence-corrected chi connectivity index (χ4v) is 2.37. The number of furan rings is 1. The molecule has 0 radical (unpaired) electrons. The highest BCUT2D eigenvalue weighted by Crippen LogP contribution is 2.31. The maximum Gasteiger partial charge on any atom is 0.344 e. The lowest BCUT2D eigenvalue weighted by atomic mass is 10.1. The molecule has 2 rings (SSSR count). The summed E-state index contributed by atoms with van der Waals surface area (Å²) in [5, 5.41) is 2.75. The first-order chi connectivity index (χ1) is 13.4. The Labute approximate surface area is 161 Å². The molecule has 10 heteroatoms. The largest absolute Gasteiger partial charge is 0.462 e. The molecule has 1 N–H and O–H groups in total. The van der Waals surface area contributed by atoms with Crippen LogP contribution < -0.4 is 5.32 Å². The number of aryl methyl sites for hydroxylation is 1. The summed E-state index contributed by atoms with van der Waals surface area (Å²) in [5.74, 6) is -2.08. The van der Waals surface area contributed by atoms with Crippen molar-refractivity contribution in [3.05, 3.63) is 35.0 Å². The molecule has 0 bridgehead atoms. The zero-order valence-corrected chi connectivity index (χ0v) is 16.0. The number of ether oxygens (including phenoxy) is 3. The van der Waals surface area contributed by atoms with Gasteiger partial charge in [0.2, 0.25) is 5.88 Å². The van der Waals surface area contributed by atoms with Gasteiger partial charge in [0.15, 0.2) is 5.82 Å². The summed E-state index contributed by atoms with van der Waals surface area (Å²) in [5.41, 5.74) is -0.174. The standard InChI is InChI=1S/C18H21N3O7/c1-5-25-16(22)11-8-19-9-20-14(11)21-15-13(18(24)27-7-3)12(10(4)28-15)17(23)26-6-2/h8-9H,5-7H2,1-4H3,(H,19,20,21). The molecule has 0 atom stereocenters. The number of nitrogens with zero attached hydrogens (tertiary/aromatic N) is 2. The fraction of sp³-hybridized carbons (Fsp3) is 0.389. The van der Waals surface area contributed by atoms with E-state index in [2.05, 4.69) is 15.3 Å². The predicted octanol–water partition coefficient (Wildman–Crippen LogP) is 2.65. The Morgan fingerprint density at radius 1 is 0.964 bits per heavy atom. The topological polar surface area (TPSA) is 130 Å². The summed E-state index contributed by atoms with van der Waals surface area (Å²) < 4.78 is 20.6. The second kappa shape index (κ2) is 9.49. The van der Waals surface area contributed by atoms with Gasteiger partial charge in [0.1, 0.15) is 28.8 Å². The van der Waals surface area contributed by atoms with Crippen LogP contribution in [-0.4, -0.2) is 47.7 Å². The van der Waals surface area contributed by atoms with Crippen molar-refractivity contribution in [3.63, 3.8) is 0 Å². The summed E-state index contributed by atoms with van der Waals surface area (Å²) in [6, 6.07) is 0. The molecule has 0 fully saturated rings. The third-order valence-electron chi connectivity index (χ3n) is 3.48. The highest BCUT2D eigenvalue weighted by Gasteiger charge is 2.31. The summed E-state index contributed by atoms with van der Waals surface area (Å²) in [6.45, 7) is 6.81. The lowest BCUT2D eigenvalue weighted by molar-refractivity contribution is 0.0480. The molecule has 0 aliphatic carbocycles. The molecule has 2 aromatic heterocycles. The maximum atomic E-state index is 12.5. The average molecular weight is 391 g/mol. The van der Waals surface area contributed by atoms with Crippen LogP contribution in [0.15, 0.2) is 16.9 Å². The van der Waals surface area contributed by atoms with Crippen molar-refractivity contribution in [2.75, 3.05) is 25.1 Å². The molecule has 0 saturated heterocycles. The number of carbonyl (C=O) groups excluding carboxylic acids is 3. The second-order valence-electron chi connectivity index (χ2n) is 5.31. The molecular weight excluding hydrogens is 370 g/mol. The Morgan fingerprint density at radius 3 is 2.14 bits per heavy atom. The van der Waals surface area contributed by atoms with Gasteiger partial charge in [-0.2, -0.15) is 0 Å². The zero-order valence-electron chi connectivity index (χ0n) is 16.0. The monoisotopic (exact) mass is 391 g/mol. The van der Waals surface area contributed by atoms with E-state index in [9.17, 15) is 14.4 Å². The lowest BCUT2D eigenvalue weighted by Crippen LogP contribution is -2.15. The van der Waals surface area contributed by atoms with Crippen molar-refractivity contribution in [3.8, 4) is 0 Å². The van der Waals surface area contributed by atoms with Crippen LogP contribution in [0.4, 0.5) is 11.7 Å². The van der Waals surface area contributed by atoms with E-state index in [4.69, 9.17) is 18.6 Å². The van der Waals surface area contributed by atoms with Crippen LogP contribution in [-0.2, 0) is 14.2 Å². The van der Waals surface area contributed by atoms with E-state index in [-0.39, 0.29) is 54.0 Å². The number of rotatable bonds is 8.